The van der Waals surface area contributed by atoms with Crippen LogP contribution >= 0.6 is 11.6 Å². The van der Waals surface area contributed by atoms with Gasteiger partial charge in [-0.25, -0.2) is 18.1 Å². The number of nitrogens with zero attached hydrogens (tertiary/aromatic N) is 3. The number of rotatable bonds is 3. The molecule has 2 aromatic carbocycles. The van der Waals surface area contributed by atoms with Gasteiger partial charge < -0.3 is 0 Å². The van der Waals surface area contributed by atoms with Gasteiger partial charge in [-0.1, -0.05) is 11.6 Å². The Balaban J connectivity index is 1.89. The summed E-state index contributed by atoms with van der Waals surface area (Å²) in [5.74, 6) is 0.202. The van der Waals surface area contributed by atoms with Gasteiger partial charge in [-0.2, -0.15) is 5.10 Å². The topological polar surface area (TPSA) is 97.7 Å². The first kappa shape index (κ1) is 16.5. The van der Waals surface area contributed by atoms with E-state index >= 15 is 0 Å². The molecule has 2 heterocycles. The van der Waals surface area contributed by atoms with Gasteiger partial charge in [0.1, 0.15) is 0 Å². The third kappa shape index (κ3) is 2.79. The van der Waals surface area contributed by atoms with Crippen LogP contribution in [0.25, 0.3) is 16.9 Å². The second-order valence-electron chi connectivity index (χ2n) is 5.48. The molecular weight excluding hydrogens is 376 g/mol. The number of benzene rings is 2. The van der Waals surface area contributed by atoms with E-state index in [9.17, 15) is 13.2 Å². The average Bonchev–Trinajstić information content (AvgIpc) is 3.16. The normalized spacial score (nSPS) is 11.7. The van der Waals surface area contributed by atoms with Crippen LogP contribution in [0.4, 0.5) is 0 Å². The molecule has 0 fully saturated rings. The summed E-state index contributed by atoms with van der Waals surface area (Å²) in [6.07, 6.45) is 3.17. The SMILES string of the molecule is O=c1[nH]c(-n2cccn2)nc2cc(S(=O)(=O)c3ccc(Cl)cc3)ccc12. The van der Waals surface area contributed by atoms with Gasteiger partial charge in [0.15, 0.2) is 0 Å². The van der Waals surface area contributed by atoms with Gasteiger partial charge in [0.2, 0.25) is 15.8 Å². The zero-order valence-corrected chi connectivity index (χ0v) is 14.7. The van der Waals surface area contributed by atoms with E-state index < -0.39 is 9.84 Å². The molecule has 0 atom stereocenters. The predicted octanol–water partition coefficient (Wildman–Crippen LogP) is 2.60. The molecular formula is C17H11ClN4O3S. The van der Waals surface area contributed by atoms with Crippen LogP contribution in [0.3, 0.4) is 0 Å². The second-order valence-corrected chi connectivity index (χ2v) is 7.86. The van der Waals surface area contributed by atoms with E-state index in [1.807, 2.05) is 0 Å². The maximum Gasteiger partial charge on any atom is 0.260 e. The number of H-pyrrole nitrogens is 1. The minimum atomic E-state index is -3.76. The minimum Gasteiger partial charge on any atom is -0.290 e. The second kappa shape index (κ2) is 6.08. The van der Waals surface area contributed by atoms with Crippen LogP contribution in [0.2, 0.25) is 5.02 Å². The average molecular weight is 387 g/mol. The van der Waals surface area contributed by atoms with Crippen LogP contribution in [-0.2, 0) is 9.84 Å². The summed E-state index contributed by atoms with van der Waals surface area (Å²) >= 11 is 5.82. The van der Waals surface area contributed by atoms with Gasteiger partial charge in [-0.05, 0) is 48.5 Å². The monoisotopic (exact) mass is 386 g/mol. The Morgan fingerprint density at radius 1 is 1.04 bits per heavy atom. The highest BCUT2D eigenvalue weighted by atomic mass is 35.5. The Morgan fingerprint density at radius 2 is 1.77 bits per heavy atom. The van der Waals surface area contributed by atoms with Crippen LogP contribution < -0.4 is 5.56 Å². The molecule has 0 aliphatic carbocycles. The molecule has 4 rings (SSSR count). The molecule has 0 amide bonds. The van der Waals surface area contributed by atoms with Crippen molar-refractivity contribution in [2.45, 2.75) is 9.79 Å². The molecule has 0 unspecified atom stereocenters. The van der Waals surface area contributed by atoms with Gasteiger partial charge in [-0.15, -0.1) is 0 Å². The molecule has 0 bridgehead atoms. The largest absolute Gasteiger partial charge is 0.290 e. The van der Waals surface area contributed by atoms with E-state index in [1.54, 1.807) is 18.5 Å². The third-order valence-electron chi connectivity index (χ3n) is 3.82. The van der Waals surface area contributed by atoms with Gasteiger partial charge in [0.05, 0.1) is 20.7 Å². The van der Waals surface area contributed by atoms with Crippen LogP contribution in [0, 0.1) is 0 Å². The fourth-order valence-corrected chi connectivity index (χ4v) is 3.93. The maximum atomic E-state index is 12.8. The summed E-state index contributed by atoms with van der Waals surface area (Å²) in [6.45, 7) is 0. The minimum absolute atomic E-state index is 0.0387. The standard InChI is InChI=1S/C17H11ClN4O3S/c18-11-2-4-12(5-3-11)26(24,25)13-6-7-14-15(10-13)20-17(21-16(14)23)22-9-1-8-19-22/h1-10H,(H,20,21,23). The Hall–Kier alpha value is -2.97. The lowest BCUT2D eigenvalue weighted by molar-refractivity contribution is 0.596. The number of halogens is 1. The summed E-state index contributed by atoms with van der Waals surface area (Å²) in [4.78, 5) is 19.3. The fourth-order valence-electron chi connectivity index (χ4n) is 2.53. The lowest BCUT2D eigenvalue weighted by atomic mass is 10.2. The molecule has 26 heavy (non-hydrogen) atoms. The van der Waals surface area contributed by atoms with E-state index in [1.165, 1.54) is 47.1 Å². The Kier molecular flexibility index (Phi) is 3.86. The number of hydrogen-bond donors (Lipinski definition) is 1. The van der Waals surface area contributed by atoms with Crippen molar-refractivity contribution in [1.82, 2.24) is 19.7 Å². The molecule has 0 aliphatic heterocycles. The molecule has 0 saturated carbocycles. The van der Waals surface area contributed by atoms with Gasteiger partial charge in [0.25, 0.3) is 5.56 Å². The summed E-state index contributed by atoms with van der Waals surface area (Å²) in [5.41, 5.74) is -0.120. The first-order chi connectivity index (χ1) is 12.4. The Morgan fingerprint density at radius 3 is 2.46 bits per heavy atom. The quantitative estimate of drug-likeness (QED) is 0.583. The fraction of sp³-hybridized carbons (Fsp3) is 0. The maximum absolute atomic E-state index is 12.8. The molecule has 0 radical (unpaired) electrons. The number of aromatic nitrogens is 4. The van der Waals surface area contributed by atoms with Crippen molar-refractivity contribution in [3.05, 3.63) is 76.3 Å². The molecule has 130 valence electrons. The number of fused-ring (bicyclic) bond motifs is 1. The highest BCUT2D eigenvalue weighted by Crippen LogP contribution is 2.24. The number of aromatic amines is 1. The molecule has 7 nitrogen and oxygen atoms in total. The van der Waals surface area contributed by atoms with E-state index in [2.05, 4.69) is 15.1 Å². The first-order valence-corrected chi connectivity index (χ1v) is 9.36. The van der Waals surface area contributed by atoms with Crippen molar-refractivity contribution in [2.24, 2.45) is 0 Å². The van der Waals surface area contributed by atoms with Crippen LogP contribution in [0.1, 0.15) is 0 Å². The Bertz CT molecular complexity index is 1260. The van der Waals surface area contributed by atoms with Crippen molar-refractivity contribution < 1.29 is 8.42 Å². The molecule has 4 aromatic rings. The van der Waals surface area contributed by atoms with Gasteiger partial charge in [-0.3, -0.25) is 9.78 Å². The Labute approximate surface area is 152 Å². The highest BCUT2D eigenvalue weighted by molar-refractivity contribution is 7.91. The van der Waals surface area contributed by atoms with E-state index in [0.717, 1.165) is 0 Å². The lowest BCUT2D eigenvalue weighted by Crippen LogP contribution is -2.14. The first-order valence-electron chi connectivity index (χ1n) is 7.50. The lowest BCUT2D eigenvalue weighted by Gasteiger charge is -2.07. The summed E-state index contributed by atoms with van der Waals surface area (Å²) < 4.78 is 27.0. The highest BCUT2D eigenvalue weighted by Gasteiger charge is 2.19. The molecule has 0 saturated heterocycles. The zero-order valence-electron chi connectivity index (χ0n) is 13.1. The number of nitrogens with one attached hydrogen (secondary N) is 1. The van der Waals surface area contributed by atoms with E-state index in [0.29, 0.717) is 5.02 Å². The zero-order chi connectivity index (χ0) is 18.3. The van der Waals surface area contributed by atoms with E-state index in [-0.39, 0.29) is 32.2 Å². The van der Waals surface area contributed by atoms with Crippen molar-refractivity contribution in [3.8, 4) is 5.95 Å². The summed E-state index contributed by atoms with van der Waals surface area (Å²) in [6, 6.07) is 11.8. The molecule has 0 aliphatic rings. The third-order valence-corrected chi connectivity index (χ3v) is 5.84. The van der Waals surface area contributed by atoms with Crippen LogP contribution in [-0.4, -0.2) is 28.2 Å². The van der Waals surface area contributed by atoms with Crippen molar-refractivity contribution in [3.63, 3.8) is 0 Å². The summed E-state index contributed by atoms with van der Waals surface area (Å²) in [5, 5.41) is 4.75. The smallest absolute Gasteiger partial charge is 0.260 e. The predicted molar refractivity (Wildman–Crippen MR) is 96.4 cm³/mol. The van der Waals surface area contributed by atoms with E-state index in [4.69, 9.17) is 11.6 Å². The number of hydrogen-bond acceptors (Lipinski definition) is 5. The van der Waals surface area contributed by atoms with Crippen molar-refractivity contribution in [2.75, 3.05) is 0 Å². The van der Waals surface area contributed by atoms with Crippen LogP contribution in [0.5, 0.6) is 0 Å². The summed E-state index contributed by atoms with van der Waals surface area (Å²) in [7, 11) is -3.76. The van der Waals surface area contributed by atoms with Crippen LogP contribution in [0.15, 0.2) is 75.5 Å². The number of sulfone groups is 1. The van der Waals surface area contributed by atoms with Crippen molar-refractivity contribution in [1.29, 1.82) is 0 Å². The molecule has 2 aromatic heterocycles. The molecule has 1 N–H and O–H groups in total. The van der Waals surface area contributed by atoms with Gasteiger partial charge >= 0.3 is 0 Å². The van der Waals surface area contributed by atoms with Crippen molar-refractivity contribution >= 4 is 32.3 Å². The molecule has 0 spiro atoms. The van der Waals surface area contributed by atoms with Gasteiger partial charge in [0, 0.05) is 17.4 Å². The molecule has 9 heteroatoms.